The first kappa shape index (κ1) is 31.8. The van der Waals surface area contributed by atoms with Crippen LogP contribution in [0.1, 0.15) is 12.6 Å². The molecule has 0 aliphatic rings. The van der Waals surface area contributed by atoms with Crippen molar-refractivity contribution in [2.75, 3.05) is 26.5 Å². The van der Waals surface area contributed by atoms with Gasteiger partial charge in [-0.05, 0) is 79.9 Å². The fraction of sp³-hybridized carbons (Fsp3) is 0.156. The van der Waals surface area contributed by atoms with Crippen molar-refractivity contribution in [3.05, 3.63) is 121 Å². The van der Waals surface area contributed by atoms with Crippen LogP contribution in [0.4, 0.5) is 0 Å². The van der Waals surface area contributed by atoms with Gasteiger partial charge in [-0.25, -0.2) is 0 Å². The van der Waals surface area contributed by atoms with Gasteiger partial charge in [0.15, 0.2) is 16.6 Å². The Labute approximate surface area is 264 Å². The molecule has 0 atom stereocenters. The Bertz CT molecular complexity index is 1430. The molecule has 0 radical (unpaired) electrons. The highest BCUT2D eigenvalue weighted by molar-refractivity contribution is 7.95. The number of aromatic nitrogens is 1. The minimum absolute atomic E-state index is 0.372. The average Bonchev–Trinajstić information content (AvgIpc) is 3.07. The van der Waals surface area contributed by atoms with Gasteiger partial charge >= 0.3 is 0 Å². The summed E-state index contributed by atoms with van der Waals surface area (Å²) in [5, 5.41) is 19.4. The molecule has 0 saturated heterocycles. The second-order valence-electron chi connectivity index (χ2n) is 9.28. The first-order chi connectivity index (χ1) is 21.0. The van der Waals surface area contributed by atoms with Crippen LogP contribution < -0.4 is 37.4 Å². The van der Waals surface area contributed by atoms with E-state index in [9.17, 15) is 0 Å². The zero-order valence-electron chi connectivity index (χ0n) is 24.1. The number of pyridine rings is 1. The van der Waals surface area contributed by atoms with Gasteiger partial charge in [-0.3, -0.25) is 15.8 Å². The normalized spacial score (nSPS) is 11.9. The van der Waals surface area contributed by atoms with Crippen LogP contribution in [0.5, 0.6) is 0 Å². The lowest BCUT2D eigenvalue weighted by atomic mass is 10.2. The Balaban J connectivity index is 1.40. The maximum Gasteiger partial charge on any atom is 0.187 e. The predicted octanol–water partition coefficient (Wildman–Crippen LogP) is 3.69. The van der Waals surface area contributed by atoms with Gasteiger partial charge < -0.3 is 15.4 Å². The molecule has 1 aromatic heterocycles. The van der Waals surface area contributed by atoms with Gasteiger partial charge in [-0.2, -0.15) is 10.2 Å². The SMILES string of the molecule is CNC(=S)NN=C(C(C)=NNC(=S)NCCOC[P+](c1ccccc1)(c1ccccc1)c1ccccc1)c1ccccn1. The van der Waals surface area contributed by atoms with Crippen LogP contribution in [0.15, 0.2) is 126 Å². The molecule has 0 fully saturated rings. The average molecular weight is 629 g/mol. The highest BCUT2D eigenvalue weighted by Gasteiger charge is 2.45. The molecule has 11 heteroatoms. The summed E-state index contributed by atoms with van der Waals surface area (Å²) in [4.78, 5) is 4.38. The zero-order valence-corrected chi connectivity index (χ0v) is 26.6. The minimum Gasteiger partial charge on any atom is -0.364 e. The Hall–Kier alpha value is -4.08. The van der Waals surface area contributed by atoms with Crippen LogP contribution in [0, 0.1) is 0 Å². The predicted molar refractivity (Wildman–Crippen MR) is 188 cm³/mol. The fourth-order valence-corrected chi connectivity index (χ4v) is 8.35. The summed E-state index contributed by atoms with van der Waals surface area (Å²) in [6, 6.07) is 37.5. The van der Waals surface area contributed by atoms with Gasteiger partial charge in [-0.1, -0.05) is 60.7 Å². The van der Waals surface area contributed by atoms with E-state index in [1.807, 2.05) is 25.1 Å². The van der Waals surface area contributed by atoms with Gasteiger partial charge in [0.1, 0.15) is 28.9 Å². The highest BCUT2D eigenvalue weighted by atomic mass is 32.1. The van der Waals surface area contributed by atoms with E-state index in [1.165, 1.54) is 15.9 Å². The first-order valence-electron chi connectivity index (χ1n) is 13.7. The van der Waals surface area contributed by atoms with Gasteiger partial charge in [-0.15, -0.1) is 0 Å². The van der Waals surface area contributed by atoms with E-state index >= 15 is 0 Å². The standard InChI is InChI=1S/C32H34N7OPS2/c1-25(30(37-38-31(42)33-2)29-20-12-13-21-34-29)36-39-32(43)35-22-23-40-24-41(26-14-6-3-7-15-26,27-16-8-4-9-17-27)28-18-10-5-11-19-28/h3-21H,22-24H2,1-2H3,(H3-,33,34,35,36,37,38,39,42,43)/p+1. The van der Waals surface area contributed by atoms with Crippen molar-refractivity contribution in [3.63, 3.8) is 0 Å². The molecule has 4 N–H and O–H groups in total. The molecule has 0 bridgehead atoms. The second-order valence-corrected chi connectivity index (χ2v) is 13.5. The van der Waals surface area contributed by atoms with Crippen molar-refractivity contribution in [1.29, 1.82) is 0 Å². The third-order valence-corrected chi connectivity index (χ3v) is 11.1. The Kier molecular flexibility index (Phi) is 12.2. The van der Waals surface area contributed by atoms with E-state index in [2.05, 4.69) is 128 Å². The molecule has 0 amide bonds. The Morgan fingerprint density at radius 2 is 1.28 bits per heavy atom. The summed E-state index contributed by atoms with van der Waals surface area (Å²) in [6.07, 6.45) is 2.26. The molecule has 4 rings (SSSR count). The lowest BCUT2D eigenvalue weighted by Crippen LogP contribution is -2.37. The maximum atomic E-state index is 6.41. The minimum atomic E-state index is -2.06. The molecule has 0 aliphatic carbocycles. The molecular weight excluding hydrogens is 594 g/mol. The van der Waals surface area contributed by atoms with E-state index < -0.39 is 7.26 Å². The molecule has 220 valence electrons. The molecule has 0 unspecified atom stereocenters. The lowest BCUT2D eigenvalue weighted by Gasteiger charge is -2.27. The summed E-state index contributed by atoms with van der Waals surface area (Å²) >= 11 is 10.6. The van der Waals surface area contributed by atoms with E-state index in [-0.39, 0.29) is 0 Å². The largest absolute Gasteiger partial charge is 0.364 e. The lowest BCUT2D eigenvalue weighted by molar-refractivity contribution is 0.185. The summed E-state index contributed by atoms with van der Waals surface area (Å²) in [6.45, 7) is 2.79. The maximum absolute atomic E-state index is 6.41. The summed E-state index contributed by atoms with van der Waals surface area (Å²) in [5.41, 5.74) is 7.44. The Morgan fingerprint density at radius 1 is 0.744 bits per heavy atom. The number of nitrogens with one attached hydrogen (secondary N) is 4. The molecule has 8 nitrogen and oxygen atoms in total. The molecule has 0 spiro atoms. The Morgan fingerprint density at radius 3 is 1.79 bits per heavy atom. The van der Waals surface area contributed by atoms with Crippen LogP contribution in [0.2, 0.25) is 0 Å². The third kappa shape index (κ3) is 8.72. The summed E-state index contributed by atoms with van der Waals surface area (Å²) < 4.78 is 6.41. The van der Waals surface area contributed by atoms with Crippen LogP contribution in [0.25, 0.3) is 0 Å². The van der Waals surface area contributed by atoms with Crippen LogP contribution in [0.3, 0.4) is 0 Å². The van der Waals surface area contributed by atoms with E-state index in [0.29, 0.717) is 46.8 Å². The van der Waals surface area contributed by atoms with Crippen LogP contribution in [-0.2, 0) is 4.74 Å². The highest BCUT2D eigenvalue weighted by Crippen LogP contribution is 2.55. The second kappa shape index (κ2) is 16.5. The van der Waals surface area contributed by atoms with Crippen molar-refractivity contribution in [2.24, 2.45) is 10.2 Å². The van der Waals surface area contributed by atoms with Gasteiger partial charge in [0, 0.05) is 19.8 Å². The number of rotatable bonds is 12. The van der Waals surface area contributed by atoms with E-state index in [1.54, 1.807) is 13.2 Å². The fourth-order valence-electron chi connectivity index (χ4n) is 4.37. The molecular formula is C32H35N7OPS2+. The number of hydrogen-bond acceptors (Lipinski definition) is 6. The van der Waals surface area contributed by atoms with Crippen LogP contribution in [-0.4, -0.2) is 53.2 Å². The van der Waals surface area contributed by atoms with Crippen molar-refractivity contribution < 1.29 is 4.74 Å². The number of benzene rings is 3. The van der Waals surface area contributed by atoms with Crippen molar-refractivity contribution in [3.8, 4) is 0 Å². The van der Waals surface area contributed by atoms with Crippen molar-refractivity contribution in [2.45, 2.75) is 6.92 Å². The molecule has 0 aliphatic heterocycles. The molecule has 43 heavy (non-hydrogen) atoms. The molecule has 0 saturated carbocycles. The van der Waals surface area contributed by atoms with Gasteiger partial charge in [0.2, 0.25) is 0 Å². The number of ether oxygens (including phenoxy) is 1. The number of hydrogen-bond donors (Lipinski definition) is 4. The molecule has 4 aromatic rings. The molecule has 3 aromatic carbocycles. The topological polar surface area (TPSA) is 95.0 Å². The molecule has 1 heterocycles. The first-order valence-corrected chi connectivity index (χ1v) is 16.5. The van der Waals surface area contributed by atoms with Gasteiger partial charge in [0.05, 0.1) is 18.0 Å². The third-order valence-electron chi connectivity index (χ3n) is 6.48. The zero-order chi connectivity index (χ0) is 30.3. The van der Waals surface area contributed by atoms with E-state index in [0.717, 1.165) is 0 Å². The summed E-state index contributed by atoms with van der Waals surface area (Å²) in [5.74, 6) is 0. The van der Waals surface area contributed by atoms with E-state index in [4.69, 9.17) is 29.2 Å². The van der Waals surface area contributed by atoms with Gasteiger partial charge in [0.25, 0.3) is 0 Å². The number of nitrogens with zero attached hydrogens (tertiary/aromatic N) is 3. The summed E-state index contributed by atoms with van der Waals surface area (Å²) in [7, 11) is -0.342. The smallest absolute Gasteiger partial charge is 0.187 e. The number of thiocarbonyl (C=S) groups is 2. The number of hydrazone groups is 2. The van der Waals surface area contributed by atoms with Crippen molar-refractivity contribution in [1.82, 2.24) is 26.5 Å². The van der Waals surface area contributed by atoms with Crippen molar-refractivity contribution >= 4 is 69.3 Å². The monoisotopic (exact) mass is 628 g/mol. The quantitative estimate of drug-likeness (QED) is 0.0621. The van der Waals surface area contributed by atoms with Crippen LogP contribution >= 0.6 is 31.7 Å².